The van der Waals surface area contributed by atoms with E-state index in [1.807, 2.05) is 42.5 Å². The predicted molar refractivity (Wildman–Crippen MR) is 84.7 cm³/mol. The molecule has 2 unspecified atom stereocenters. The van der Waals surface area contributed by atoms with Crippen molar-refractivity contribution in [1.29, 1.82) is 0 Å². The van der Waals surface area contributed by atoms with Gasteiger partial charge in [-0.15, -0.1) is 0 Å². The fraction of sp³-hybridized carbons (Fsp3) is 0.294. The van der Waals surface area contributed by atoms with E-state index in [0.29, 0.717) is 12.2 Å². The van der Waals surface area contributed by atoms with Gasteiger partial charge in [0.1, 0.15) is 0 Å². The maximum atomic E-state index is 10.4. The quantitative estimate of drug-likeness (QED) is 0.625. The van der Waals surface area contributed by atoms with Crippen LogP contribution in [0.3, 0.4) is 0 Å². The van der Waals surface area contributed by atoms with Gasteiger partial charge in [-0.3, -0.25) is 0 Å². The molecule has 4 nitrogen and oxygen atoms in total. The van der Waals surface area contributed by atoms with Crippen LogP contribution in [0.25, 0.3) is 0 Å². The Bertz CT molecular complexity index is 596. The number of hydrogen-bond donors (Lipinski definition) is 4. The van der Waals surface area contributed by atoms with Gasteiger partial charge in [-0.1, -0.05) is 42.5 Å². The minimum atomic E-state index is -0.946. The second kappa shape index (κ2) is 6.26. The van der Waals surface area contributed by atoms with Crippen LogP contribution in [-0.4, -0.2) is 22.9 Å². The van der Waals surface area contributed by atoms with Gasteiger partial charge in [0.25, 0.3) is 0 Å². The number of nitrogens with two attached hydrogens (primary N) is 2. The number of rotatable bonds is 5. The second-order valence-corrected chi connectivity index (χ2v) is 5.29. The van der Waals surface area contributed by atoms with Crippen molar-refractivity contribution in [2.45, 2.75) is 25.0 Å². The molecule has 0 saturated heterocycles. The van der Waals surface area contributed by atoms with Crippen molar-refractivity contribution in [2.75, 3.05) is 12.3 Å². The molecular formula is C17H22N2O2. The van der Waals surface area contributed by atoms with E-state index in [2.05, 4.69) is 0 Å². The number of aliphatic hydroxyl groups excluding tert-OH is 2. The molecule has 0 aliphatic carbocycles. The topological polar surface area (TPSA) is 92.5 Å². The van der Waals surface area contributed by atoms with E-state index in [1.165, 1.54) is 0 Å². The average Bonchev–Trinajstić information content (AvgIpc) is 2.50. The van der Waals surface area contributed by atoms with Crippen LogP contribution in [0, 0.1) is 0 Å². The fourth-order valence-electron chi connectivity index (χ4n) is 2.77. The van der Waals surface area contributed by atoms with Crippen molar-refractivity contribution in [2.24, 2.45) is 5.73 Å². The number of benzene rings is 2. The third-order valence-electron chi connectivity index (χ3n) is 4.11. The molecule has 0 radical (unpaired) electrons. The zero-order chi connectivity index (χ0) is 15.5. The lowest BCUT2D eigenvalue weighted by Crippen LogP contribution is -2.43. The van der Waals surface area contributed by atoms with Gasteiger partial charge in [-0.25, -0.2) is 0 Å². The Balaban J connectivity index is 2.64. The minimum Gasteiger partial charge on any atom is -0.398 e. The summed E-state index contributed by atoms with van der Waals surface area (Å²) in [6.07, 6.45) is -0.795. The largest absolute Gasteiger partial charge is 0.398 e. The Labute approximate surface area is 125 Å². The zero-order valence-corrected chi connectivity index (χ0v) is 12.2. The molecule has 0 spiro atoms. The molecule has 0 bridgehead atoms. The van der Waals surface area contributed by atoms with Crippen LogP contribution in [-0.2, 0) is 12.0 Å². The van der Waals surface area contributed by atoms with Crippen LogP contribution in [0.2, 0.25) is 0 Å². The Morgan fingerprint density at radius 1 is 1.10 bits per heavy atom. The average molecular weight is 286 g/mol. The molecule has 0 aliphatic rings. The summed E-state index contributed by atoms with van der Waals surface area (Å²) in [4.78, 5) is 0. The van der Waals surface area contributed by atoms with Crippen molar-refractivity contribution in [1.82, 2.24) is 0 Å². The van der Waals surface area contributed by atoms with Gasteiger partial charge in [0, 0.05) is 12.2 Å². The zero-order valence-electron chi connectivity index (χ0n) is 12.2. The maximum Gasteiger partial charge on any atom is 0.0709 e. The van der Waals surface area contributed by atoms with Gasteiger partial charge in [-0.05, 0) is 29.7 Å². The summed E-state index contributed by atoms with van der Waals surface area (Å²) in [5, 5.41) is 20.4. The smallest absolute Gasteiger partial charge is 0.0709 e. The van der Waals surface area contributed by atoms with E-state index >= 15 is 0 Å². The van der Waals surface area contributed by atoms with Gasteiger partial charge < -0.3 is 21.7 Å². The van der Waals surface area contributed by atoms with E-state index < -0.39 is 11.5 Å². The normalized spacial score (nSPS) is 15.4. The first-order valence-corrected chi connectivity index (χ1v) is 6.99. The molecule has 4 heteroatoms. The van der Waals surface area contributed by atoms with E-state index in [1.54, 1.807) is 13.0 Å². The van der Waals surface area contributed by atoms with Gasteiger partial charge in [0.15, 0.2) is 0 Å². The minimum absolute atomic E-state index is 0.235. The highest BCUT2D eigenvalue weighted by molar-refractivity contribution is 5.56. The number of anilines is 1. The molecule has 2 aromatic carbocycles. The number of aliphatic hydroxyl groups is 2. The van der Waals surface area contributed by atoms with Gasteiger partial charge >= 0.3 is 0 Å². The summed E-state index contributed by atoms with van der Waals surface area (Å²) in [6, 6.07) is 14.9. The Hall–Kier alpha value is -1.88. The van der Waals surface area contributed by atoms with Crippen molar-refractivity contribution < 1.29 is 10.2 Å². The highest BCUT2D eigenvalue weighted by atomic mass is 16.3. The molecule has 112 valence electrons. The van der Waals surface area contributed by atoms with Gasteiger partial charge in [0.2, 0.25) is 0 Å². The highest BCUT2D eigenvalue weighted by Crippen LogP contribution is 2.38. The lowest BCUT2D eigenvalue weighted by Gasteiger charge is -2.37. The molecule has 0 saturated carbocycles. The van der Waals surface area contributed by atoms with Gasteiger partial charge in [0.05, 0.1) is 18.1 Å². The second-order valence-electron chi connectivity index (χ2n) is 5.29. The summed E-state index contributed by atoms with van der Waals surface area (Å²) < 4.78 is 0. The summed E-state index contributed by atoms with van der Waals surface area (Å²) in [6.45, 7) is 1.88. The molecule has 0 amide bonds. The Morgan fingerprint density at radius 2 is 1.71 bits per heavy atom. The predicted octanol–water partition coefficient (Wildman–Crippen LogP) is 1.39. The van der Waals surface area contributed by atoms with Crippen molar-refractivity contribution in [3.8, 4) is 0 Å². The van der Waals surface area contributed by atoms with Crippen LogP contribution in [0.1, 0.15) is 23.6 Å². The summed E-state index contributed by atoms with van der Waals surface area (Å²) in [5.41, 5.74) is 13.8. The lowest BCUT2D eigenvalue weighted by molar-refractivity contribution is 0.0747. The van der Waals surface area contributed by atoms with Crippen LogP contribution >= 0.6 is 0 Å². The summed E-state index contributed by atoms with van der Waals surface area (Å²) in [7, 11) is 0. The van der Waals surface area contributed by atoms with Crippen LogP contribution < -0.4 is 11.5 Å². The number of para-hydroxylation sites is 1. The first-order chi connectivity index (χ1) is 10.1. The molecule has 2 aromatic rings. The molecule has 2 atom stereocenters. The number of nitrogen functional groups attached to an aromatic ring is 1. The van der Waals surface area contributed by atoms with Crippen LogP contribution in [0.4, 0.5) is 5.69 Å². The maximum absolute atomic E-state index is 10.4. The van der Waals surface area contributed by atoms with E-state index in [9.17, 15) is 10.2 Å². The molecule has 0 fully saturated rings. The lowest BCUT2D eigenvalue weighted by atomic mass is 9.70. The first kappa shape index (κ1) is 15.5. The SMILES string of the molecule is CC(O)C(CO)(c1ccc(CN)cc1)c1ccccc1N. The molecular weight excluding hydrogens is 264 g/mol. The molecule has 6 N–H and O–H groups in total. The van der Waals surface area contributed by atoms with Crippen LogP contribution in [0.15, 0.2) is 48.5 Å². The third kappa shape index (κ3) is 2.65. The van der Waals surface area contributed by atoms with E-state index in [4.69, 9.17) is 11.5 Å². The van der Waals surface area contributed by atoms with Crippen LogP contribution in [0.5, 0.6) is 0 Å². The summed E-state index contributed by atoms with van der Waals surface area (Å²) >= 11 is 0. The third-order valence-corrected chi connectivity index (χ3v) is 4.11. The van der Waals surface area contributed by atoms with E-state index in [-0.39, 0.29) is 6.61 Å². The Morgan fingerprint density at radius 3 is 2.19 bits per heavy atom. The Kier molecular flexibility index (Phi) is 4.63. The van der Waals surface area contributed by atoms with Crippen molar-refractivity contribution in [3.05, 3.63) is 65.2 Å². The monoisotopic (exact) mass is 286 g/mol. The van der Waals surface area contributed by atoms with Gasteiger partial charge in [-0.2, -0.15) is 0 Å². The molecule has 2 rings (SSSR count). The number of hydrogen-bond acceptors (Lipinski definition) is 4. The van der Waals surface area contributed by atoms with Crippen molar-refractivity contribution >= 4 is 5.69 Å². The summed E-state index contributed by atoms with van der Waals surface area (Å²) in [5.74, 6) is 0. The van der Waals surface area contributed by atoms with E-state index in [0.717, 1.165) is 16.7 Å². The molecule has 0 aromatic heterocycles. The first-order valence-electron chi connectivity index (χ1n) is 6.99. The molecule has 21 heavy (non-hydrogen) atoms. The standard InChI is InChI=1S/C17H22N2O2/c1-12(21)17(11-20,15-4-2-3-5-16(15)19)14-8-6-13(10-18)7-9-14/h2-9,12,20-21H,10-11,18-19H2,1H3. The molecule has 0 aliphatic heterocycles. The molecule has 0 heterocycles. The fourth-order valence-corrected chi connectivity index (χ4v) is 2.77. The highest BCUT2D eigenvalue weighted by Gasteiger charge is 2.40. The van der Waals surface area contributed by atoms with Crippen molar-refractivity contribution in [3.63, 3.8) is 0 Å².